The van der Waals surface area contributed by atoms with Gasteiger partial charge in [-0.1, -0.05) is 38.8 Å². The summed E-state index contributed by atoms with van der Waals surface area (Å²) in [5.41, 5.74) is 2.28. The zero-order valence-electron chi connectivity index (χ0n) is 15.0. The number of hydrogen-bond donors (Lipinski definition) is 1. The van der Waals surface area contributed by atoms with Crippen molar-refractivity contribution in [2.24, 2.45) is 11.8 Å². The van der Waals surface area contributed by atoms with E-state index in [9.17, 15) is 4.79 Å². The van der Waals surface area contributed by atoms with E-state index in [0.29, 0.717) is 23.6 Å². The first-order valence-corrected chi connectivity index (χ1v) is 10.2. The summed E-state index contributed by atoms with van der Waals surface area (Å²) in [4.78, 5) is 12.2. The van der Waals surface area contributed by atoms with Gasteiger partial charge in [0, 0.05) is 24.2 Å². The Kier molecular flexibility index (Phi) is 6.19. The summed E-state index contributed by atoms with van der Waals surface area (Å²) in [6, 6.07) is 10.6. The maximum Gasteiger partial charge on any atom is 0.230 e. The Bertz CT molecular complexity index is 669. The molecule has 0 saturated heterocycles. The van der Waals surface area contributed by atoms with E-state index in [1.165, 1.54) is 18.4 Å². The number of aromatic nitrogens is 2. The van der Waals surface area contributed by atoms with Crippen LogP contribution >= 0.6 is 11.8 Å². The summed E-state index contributed by atoms with van der Waals surface area (Å²) in [6.45, 7) is 4.56. The molecular formula is C20H27N3OS. The normalized spacial score (nSPS) is 23.4. The molecule has 1 saturated carbocycles. The zero-order valence-corrected chi connectivity index (χ0v) is 15.8. The zero-order chi connectivity index (χ0) is 17.6. The molecule has 134 valence electrons. The number of benzene rings is 1. The van der Waals surface area contributed by atoms with Crippen LogP contribution in [-0.2, 0) is 10.5 Å². The topological polar surface area (TPSA) is 46.9 Å². The third kappa shape index (κ3) is 4.88. The molecule has 1 aromatic heterocycles. The fraction of sp³-hybridized carbons (Fsp3) is 0.500. The van der Waals surface area contributed by atoms with Crippen LogP contribution in [0.15, 0.2) is 42.7 Å². The van der Waals surface area contributed by atoms with Crippen LogP contribution in [0.25, 0.3) is 5.69 Å². The molecule has 1 N–H and O–H groups in total. The van der Waals surface area contributed by atoms with E-state index in [1.807, 2.05) is 16.9 Å². The van der Waals surface area contributed by atoms with Gasteiger partial charge in [-0.25, -0.2) is 4.68 Å². The molecule has 1 aliphatic rings. The van der Waals surface area contributed by atoms with Gasteiger partial charge in [0.1, 0.15) is 0 Å². The monoisotopic (exact) mass is 357 g/mol. The predicted octanol–water partition coefficient (Wildman–Crippen LogP) is 4.05. The van der Waals surface area contributed by atoms with Gasteiger partial charge in [0.15, 0.2) is 0 Å². The number of rotatable bonds is 6. The highest BCUT2D eigenvalue weighted by Gasteiger charge is 2.27. The van der Waals surface area contributed by atoms with Crippen molar-refractivity contribution >= 4 is 17.7 Å². The van der Waals surface area contributed by atoms with Crippen molar-refractivity contribution in [3.8, 4) is 5.69 Å². The third-order valence-electron chi connectivity index (χ3n) is 5.26. The van der Waals surface area contributed by atoms with Gasteiger partial charge in [-0.15, -0.1) is 11.8 Å². The Hall–Kier alpha value is -1.75. The molecule has 0 aliphatic heterocycles. The molecule has 4 nitrogen and oxygen atoms in total. The van der Waals surface area contributed by atoms with E-state index in [2.05, 4.69) is 48.5 Å². The molecule has 1 aliphatic carbocycles. The van der Waals surface area contributed by atoms with E-state index in [1.54, 1.807) is 18.0 Å². The Morgan fingerprint density at radius 3 is 2.80 bits per heavy atom. The molecular weight excluding hydrogens is 330 g/mol. The SMILES string of the molecule is C[C@H]1[C@@H](NC(=O)CSCc2ccc(-n3cccn3)cc2)CCC[C@@H]1C. The first-order chi connectivity index (χ1) is 12.1. The molecule has 3 atom stereocenters. The van der Waals surface area contributed by atoms with Crippen LogP contribution in [0.1, 0.15) is 38.7 Å². The lowest BCUT2D eigenvalue weighted by atomic mass is 9.78. The second-order valence-electron chi connectivity index (χ2n) is 7.05. The maximum absolute atomic E-state index is 12.2. The first-order valence-electron chi connectivity index (χ1n) is 9.09. The molecule has 25 heavy (non-hydrogen) atoms. The lowest BCUT2D eigenvalue weighted by molar-refractivity contribution is -0.119. The van der Waals surface area contributed by atoms with Crippen molar-refractivity contribution in [1.82, 2.24) is 15.1 Å². The van der Waals surface area contributed by atoms with Gasteiger partial charge in [-0.3, -0.25) is 4.79 Å². The number of hydrogen-bond acceptors (Lipinski definition) is 3. The minimum absolute atomic E-state index is 0.170. The molecule has 1 amide bonds. The highest BCUT2D eigenvalue weighted by molar-refractivity contribution is 7.99. The van der Waals surface area contributed by atoms with Crippen molar-refractivity contribution < 1.29 is 4.79 Å². The number of carbonyl (C=O) groups excluding carboxylic acids is 1. The molecule has 0 bridgehead atoms. The highest BCUT2D eigenvalue weighted by atomic mass is 32.2. The fourth-order valence-corrected chi connectivity index (χ4v) is 4.26. The maximum atomic E-state index is 12.2. The summed E-state index contributed by atoms with van der Waals surface area (Å²) < 4.78 is 1.84. The number of thioether (sulfide) groups is 1. The summed E-state index contributed by atoms with van der Waals surface area (Å²) in [6.07, 6.45) is 7.34. The van der Waals surface area contributed by atoms with E-state index < -0.39 is 0 Å². The van der Waals surface area contributed by atoms with Crippen LogP contribution in [0, 0.1) is 11.8 Å². The predicted molar refractivity (Wildman–Crippen MR) is 104 cm³/mol. The van der Waals surface area contributed by atoms with Crippen LogP contribution in [0.5, 0.6) is 0 Å². The summed E-state index contributed by atoms with van der Waals surface area (Å²) in [5.74, 6) is 2.84. The lowest BCUT2D eigenvalue weighted by Crippen LogP contribution is -2.44. The number of carbonyl (C=O) groups is 1. The summed E-state index contributed by atoms with van der Waals surface area (Å²) in [7, 11) is 0. The van der Waals surface area contributed by atoms with Crippen molar-refractivity contribution in [1.29, 1.82) is 0 Å². The van der Waals surface area contributed by atoms with Crippen LogP contribution in [0.2, 0.25) is 0 Å². The van der Waals surface area contributed by atoms with Gasteiger partial charge in [0.25, 0.3) is 0 Å². The molecule has 0 radical (unpaired) electrons. The van der Waals surface area contributed by atoms with E-state index >= 15 is 0 Å². The fourth-order valence-electron chi connectivity index (χ4n) is 3.46. The molecule has 0 spiro atoms. The lowest BCUT2D eigenvalue weighted by Gasteiger charge is -2.34. The van der Waals surface area contributed by atoms with Gasteiger partial charge < -0.3 is 5.32 Å². The smallest absolute Gasteiger partial charge is 0.230 e. The number of nitrogens with zero attached hydrogens (tertiary/aromatic N) is 2. The van der Waals surface area contributed by atoms with Crippen molar-refractivity contribution in [3.05, 3.63) is 48.3 Å². The largest absolute Gasteiger partial charge is 0.352 e. The van der Waals surface area contributed by atoms with Gasteiger partial charge in [0.2, 0.25) is 5.91 Å². The van der Waals surface area contributed by atoms with Crippen LogP contribution in [0.3, 0.4) is 0 Å². The van der Waals surface area contributed by atoms with Crippen LogP contribution in [-0.4, -0.2) is 27.5 Å². The Morgan fingerprint density at radius 1 is 1.28 bits per heavy atom. The molecule has 0 unspecified atom stereocenters. The standard InChI is InChI=1S/C20H27N3OS/c1-15-5-3-6-19(16(15)2)22-20(24)14-25-13-17-7-9-18(10-8-17)23-12-4-11-21-23/h4,7-12,15-16,19H,3,5-6,13-14H2,1-2H3,(H,22,24)/t15-,16+,19-/m0/s1. The van der Waals surface area contributed by atoms with Crippen LogP contribution in [0.4, 0.5) is 0 Å². The van der Waals surface area contributed by atoms with Gasteiger partial charge in [-0.05, 0) is 42.0 Å². The minimum atomic E-state index is 0.170. The van der Waals surface area contributed by atoms with E-state index in [-0.39, 0.29) is 5.91 Å². The Morgan fingerprint density at radius 2 is 2.08 bits per heavy atom. The molecule has 1 heterocycles. The molecule has 5 heteroatoms. The van der Waals surface area contributed by atoms with Crippen molar-refractivity contribution in [2.45, 2.75) is 44.9 Å². The second kappa shape index (κ2) is 8.56. The first kappa shape index (κ1) is 18.1. The van der Waals surface area contributed by atoms with Gasteiger partial charge in [-0.2, -0.15) is 5.10 Å². The molecule has 1 fully saturated rings. The molecule has 3 rings (SSSR count). The highest BCUT2D eigenvalue weighted by Crippen LogP contribution is 2.29. The quantitative estimate of drug-likeness (QED) is 0.848. The number of amides is 1. The minimum Gasteiger partial charge on any atom is -0.352 e. The Labute approximate surface area is 154 Å². The van der Waals surface area contributed by atoms with Crippen LogP contribution < -0.4 is 5.32 Å². The average molecular weight is 358 g/mol. The summed E-state index contributed by atoms with van der Waals surface area (Å²) in [5, 5.41) is 7.47. The molecule has 2 aromatic rings. The van der Waals surface area contributed by atoms with E-state index in [4.69, 9.17) is 0 Å². The van der Waals surface area contributed by atoms with Crippen molar-refractivity contribution in [2.75, 3.05) is 5.75 Å². The Balaban J connectivity index is 1.42. The third-order valence-corrected chi connectivity index (χ3v) is 6.26. The van der Waals surface area contributed by atoms with Gasteiger partial charge in [0.05, 0.1) is 11.4 Å². The second-order valence-corrected chi connectivity index (χ2v) is 8.04. The van der Waals surface area contributed by atoms with E-state index in [0.717, 1.165) is 17.9 Å². The van der Waals surface area contributed by atoms with Gasteiger partial charge >= 0.3 is 0 Å². The van der Waals surface area contributed by atoms with Crippen molar-refractivity contribution in [3.63, 3.8) is 0 Å². The molecule has 1 aromatic carbocycles. The summed E-state index contributed by atoms with van der Waals surface area (Å²) >= 11 is 1.67. The number of nitrogens with one attached hydrogen (secondary N) is 1. The average Bonchev–Trinajstić information content (AvgIpc) is 3.14.